The number of furan rings is 1. The molecule has 0 aliphatic heterocycles. The molecule has 1 nitrogen and oxygen atoms in total. The Bertz CT molecular complexity index is 4790. The fraction of sp³-hybridized carbons (Fsp3) is 0. The average molecular weight is 676 g/mol. The van der Waals surface area contributed by atoms with Crippen LogP contribution in [0.5, 0.6) is 0 Å². The standard InChI is InChI=1S/C50H30O/c1-2-13-33-30-48-46(28-32(33)12-1)45-29-36(24-26-47(45)51-48)50-43-19-7-5-17-41(43)49(42-18-6-8-20-44(42)50)35-15-9-14-34(27-35)38-21-10-22-39-37-16-4-3-11-31(37)23-25-40(38)39/h1-30H/i1D,2D,3D,4D,5D,6D,7D,8D,9D,10D,11D,12D,13D,15D,16D,17D,18D,19D,20D,21D,22D,23D,24D,25D,26D,27D,28D,29D,30D. The van der Waals surface area contributed by atoms with Crippen molar-refractivity contribution < 1.29 is 44.2 Å². The van der Waals surface area contributed by atoms with Crippen LogP contribution in [0.1, 0.15) is 39.8 Å². The van der Waals surface area contributed by atoms with E-state index in [4.69, 9.17) is 26.3 Å². The predicted octanol–water partition coefficient (Wildman–Crippen LogP) is 14.4. The first-order valence-corrected chi connectivity index (χ1v) is 15.2. The SMILES string of the molecule is [2H]c1cc(-c2c([2H])c([2H])c([2H])c3c2c([2H])c([2H])c2c([2H])c([2H])c([2H])c([2H])c23)c([2H])c(-c2c3c([2H])c([2H])c([2H])c([2H])c3c(-c3c([2H])c([2H])c4oc5c([2H])c6c([2H])c([2H])c([2H])c([2H])c6c([2H])c5c4c3[2H])c3c([2H])c([2H])c([2H])c([2H])c23)c1[2H]. The Labute approximate surface area is 335 Å². The van der Waals surface area contributed by atoms with Crippen molar-refractivity contribution in [3.05, 3.63) is 181 Å². The van der Waals surface area contributed by atoms with Crippen LogP contribution in [0.25, 0.3) is 109 Å². The second-order valence-corrected chi connectivity index (χ2v) is 11.3. The van der Waals surface area contributed by atoms with Crippen LogP contribution in [0, 0.1) is 0 Å². The third-order valence-corrected chi connectivity index (χ3v) is 8.58. The summed E-state index contributed by atoms with van der Waals surface area (Å²) in [5, 5.41) is -7.06. The van der Waals surface area contributed by atoms with E-state index < -0.39 is 284 Å². The van der Waals surface area contributed by atoms with Crippen molar-refractivity contribution in [2.75, 3.05) is 0 Å². The Morgan fingerprint density at radius 3 is 1.63 bits per heavy atom. The zero-order valence-electron chi connectivity index (χ0n) is 54.5. The molecule has 0 spiro atoms. The van der Waals surface area contributed by atoms with Gasteiger partial charge in [-0.15, -0.1) is 0 Å². The molecule has 1 aromatic heterocycles. The molecule has 51 heavy (non-hydrogen) atoms. The van der Waals surface area contributed by atoms with E-state index in [0.29, 0.717) is 0 Å². The maximum absolute atomic E-state index is 10.00. The van der Waals surface area contributed by atoms with Crippen molar-refractivity contribution >= 4 is 75.8 Å². The van der Waals surface area contributed by atoms with Gasteiger partial charge in [0.05, 0.1) is 39.8 Å². The van der Waals surface area contributed by atoms with Gasteiger partial charge in [-0.3, -0.25) is 0 Å². The summed E-state index contributed by atoms with van der Waals surface area (Å²) in [6, 6.07) is -24.7. The zero-order chi connectivity index (χ0) is 58.7. The van der Waals surface area contributed by atoms with E-state index in [2.05, 4.69) is 0 Å². The fourth-order valence-electron chi connectivity index (χ4n) is 6.39. The molecular formula is C50H30O. The highest BCUT2D eigenvalue weighted by molar-refractivity contribution is 6.22. The summed E-state index contributed by atoms with van der Waals surface area (Å²) in [7, 11) is 0. The minimum absolute atomic E-state index is 0.453. The molecule has 236 valence electrons. The molecule has 10 aromatic carbocycles. The minimum Gasteiger partial charge on any atom is -0.456 e. The van der Waals surface area contributed by atoms with Crippen molar-refractivity contribution in [1.82, 2.24) is 0 Å². The normalized spacial score (nSPS) is 19.9. The molecule has 11 aromatic rings. The predicted molar refractivity (Wildman–Crippen MR) is 218 cm³/mol. The molecule has 0 saturated carbocycles. The van der Waals surface area contributed by atoms with Gasteiger partial charge in [0.1, 0.15) is 11.2 Å². The molecule has 0 saturated heterocycles. The van der Waals surface area contributed by atoms with Crippen LogP contribution >= 0.6 is 0 Å². The van der Waals surface area contributed by atoms with Crippen LogP contribution in [-0.2, 0) is 0 Å². The van der Waals surface area contributed by atoms with Gasteiger partial charge in [-0.2, -0.15) is 0 Å². The third kappa shape index (κ3) is 4.28. The van der Waals surface area contributed by atoms with Gasteiger partial charge in [-0.1, -0.05) is 151 Å². The molecule has 0 unspecified atom stereocenters. The van der Waals surface area contributed by atoms with Crippen LogP contribution in [-0.4, -0.2) is 0 Å². The smallest absolute Gasteiger partial charge is 0.136 e. The van der Waals surface area contributed by atoms with Crippen LogP contribution in [0.4, 0.5) is 0 Å². The Hall–Kier alpha value is -6.70. The van der Waals surface area contributed by atoms with Crippen LogP contribution < -0.4 is 0 Å². The van der Waals surface area contributed by atoms with Gasteiger partial charge in [0, 0.05) is 10.8 Å². The minimum atomic E-state index is -1.01. The molecule has 0 radical (unpaired) electrons. The van der Waals surface area contributed by atoms with Gasteiger partial charge in [0.2, 0.25) is 0 Å². The van der Waals surface area contributed by atoms with Gasteiger partial charge in [0.15, 0.2) is 0 Å². The lowest BCUT2D eigenvalue weighted by molar-refractivity contribution is 0.669. The molecular weight excluding hydrogens is 617 g/mol. The van der Waals surface area contributed by atoms with Crippen molar-refractivity contribution in [1.29, 1.82) is 0 Å². The number of benzene rings is 10. The summed E-state index contributed by atoms with van der Waals surface area (Å²) < 4.78 is 269. The molecule has 0 aliphatic carbocycles. The van der Waals surface area contributed by atoms with E-state index in [1.165, 1.54) is 0 Å². The molecule has 0 atom stereocenters. The third-order valence-electron chi connectivity index (χ3n) is 8.58. The monoisotopic (exact) mass is 675 g/mol. The lowest BCUT2D eigenvalue weighted by atomic mass is 9.85. The first-order chi connectivity index (χ1) is 37.4. The highest BCUT2D eigenvalue weighted by Gasteiger charge is 2.19. The molecule has 0 amide bonds. The number of hydrogen-bond donors (Lipinski definition) is 0. The Morgan fingerprint density at radius 1 is 0.314 bits per heavy atom. The van der Waals surface area contributed by atoms with Crippen LogP contribution in [0.3, 0.4) is 0 Å². The summed E-state index contributed by atoms with van der Waals surface area (Å²) >= 11 is 0. The van der Waals surface area contributed by atoms with E-state index in [0.717, 1.165) is 6.07 Å². The number of rotatable bonds is 3. The van der Waals surface area contributed by atoms with E-state index in [1.54, 1.807) is 0 Å². The Morgan fingerprint density at radius 2 is 0.902 bits per heavy atom. The van der Waals surface area contributed by atoms with Crippen molar-refractivity contribution in [3.8, 4) is 33.4 Å². The highest BCUT2D eigenvalue weighted by Crippen LogP contribution is 2.46. The molecule has 0 bridgehead atoms. The molecule has 1 heterocycles. The maximum Gasteiger partial charge on any atom is 0.136 e. The number of hydrogen-bond acceptors (Lipinski definition) is 1. The maximum atomic E-state index is 10.00. The van der Waals surface area contributed by atoms with E-state index in [-0.39, 0.29) is 0 Å². The van der Waals surface area contributed by atoms with Crippen molar-refractivity contribution in [2.24, 2.45) is 0 Å². The molecule has 0 aliphatic rings. The molecule has 11 rings (SSSR count). The summed E-state index contributed by atoms with van der Waals surface area (Å²) in [6.45, 7) is 0. The zero-order valence-corrected chi connectivity index (χ0v) is 25.5. The topological polar surface area (TPSA) is 13.1 Å². The average Bonchev–Trinajstić information content (AvgIpc) is 3.94. The Kier molecular flexibility index (Phi) is 2.56. The molecule has 0 fully saturated rings. The summed E-state index contributed by atoms with van der Waals surface area (Å²) in [4.78, 5) is 0. The summed E-state index contributed by atoms with van der Waals surface area (Å²) in [5.74, 6) is 0. The van der Waals surface area contributed by atoms with Gasteiger partial charge < -0.3 is 4.42 Å². The van der Waals surface area contributed by atoms with Crippen LogP contribution in [0.2, 0.25) is 0 Å². The fourth-order valence-corrected chi connectivity index (χ4v) is 6.39. The Balaban J connectivity index is 1.38. The number of fused-ring (bicyclic) bond motifs is 9. The van der Waals surface area contributed by atoms with Crippen molar-refractivity contribution in [2.45, 2.75) is 0 Å². The first kappa shape index (κ1) is 12.0. The van der Waals surface area contributed by atoms with E-state index in [1.807, 2.05) is 0 Å². The largest absolute Gasteiger partial charge is 0.456 e. The lowest BCUT2D eigenvalue weighted by Gasteiger charge is -2.18. The summed E-state index contributed by atoms with van der Waals surface area (Å²) in [6.07, 6.45) is 0. The van der Waals surface area contributed by atoms with Gasteiger partial charge >= 0.3 is 0 Å². The van der Waals surface area contributed by atoms with Crippen LogP contribution in [0.15, 0.2) is 186 Å². The molecule has 0 N–H and O–H groups in total. The molecule has 1 heteroatoms. The van der Waals surface area contributed by atoms with E-state index in [9.17, 15) is 17.8 Å². The first-order valence-electron chi connectivity index (χ1n) is 29.7. The summed E-state index contributed by atoms with van der Waals surface area (Å²) in [5.41, 5.74) is -5.52. The second kappa shape index (κ2) is 10.9. The van der Waals surface area contributed by atoms with Gasteiger partial charge in [-0.25, -0.2) is 0 Å². The van der Waals surface area contributed by atoms with E-state index >= 15 is 0 Å². The van der Waals surface area contributed by atoms with Crippen molar-refractivity contribution in [3.63, 3.8) is 0 Å². The second-order valence-electron chi connectivity index (χ2n) is 11.3. The quantitative estimate of drug-likeness (QED) is 0.134. The van der Waals surface area contributed by atoms with Gasteiger partial charge in [0.25, 0.3) is 0 Å². The lowest BCUT2D eigenvalue weighted by Crippen LogP contribution is -1.91. The highest BCUT2D eigenvalue weighted by atomic mass is 16.3. The van der Waals surface area contributed by atoms with Gasteiger partial charge in [-0.05, 0) is 117 Å².